The molecule has 2 N–H and O–H groups in total. The number of rotatable bonds is 7. The van der Waals surface area contributed by atoms with Crippen LogP contribution >= 0.6 is 11.8 Å². The molecule has 4 nitrogen and oxygen atoms in total. The third-order valence-corrected chi connectivity index (χ3v) is 4.84. The highest BCUT2D eigenvalue weighted by Gasteiger charge is 2.17. The maximum atomic E-state index is 10.3. The molecule has 0 aliphatic carbocycles. The molecule has 1 saturated heterocycles. The van der Waals surface area contributed by atoms with Crippen LogP contribution in [0.1, 0.15) is 18.1 Å². The second-order valence-electron chi connectivity index (χ2n) is 5.48. The van der Waals surface area contributed by atoms with Crippen LogP contribution in [0.3, 0.4) is 0 Å². The summed E-state index contributed by atoms with van der Waals surface area (Å²) in [4.78, 5) is 5.91. The Labute approximate surface area is 131 Å². The average molecular weight is 310 g/mol. The van der Waals surface area contributed by atoms with E-state index in [0.29, 0.717) is 0 Å². The SMILES string of the molecule is CSc1ccc(C(O)CCN2CCN(CCO)CC2)cc1. The number of hydrogen-bond acceptors (Lipinski definition) is 5. The topological polar surface area (TPSA) is 46.9 Å². The average Bonchev–Trinajstić information content (AvgIpc) is 2.54. The molecule has 118 valence electrons. The molecule has 21 heavy (non-hydrogen) atoms. The van der Waals surface area contributed by atoms with Gasteiger partial charge in [-0.3, -0.25) is 4.90 Å². The van der Waals surface area contributed by atoms with Crippen LogP contribution in [-0.4, -0.2) is 72.1 Å². The number of thioether (sulfide) groups is 1. The van der Waals surface area contributed by atoms with Gasteiger partial charge in [-0.1, -0.05) is 12.1 Å². The van der Waals surface area contributed by atoms with Crippen LogP contribution in [0.2, 0.25) is 0 Å². The lowest BCUT2D eigenvalue weighted by Crippen LogP contribution is -2.47. The van der Waals surface area contributed by atoms with Gasteiger partial charge < -0.3 is 15.1 Å². The van der Waals surface area contributed by atoms with Gasteiger partial charge in [0.15, 0.2) is 0 Å². The van der Waals surface area contributed by atoms with Crippen LogP contribution in [0, 0.1) is 0 Å². The summed E-state index contributed by atoms with van der Waals surface area (Å²) >= 11 is 1.72. The van der Waals surface area contributed by atoms with Crippen LogP contribution in [0.25, 0.3) is 0 Å². The first-order chi connectivity index (χ1) is 10.2. The van der Waals surface area contributed by atoms with Gasteiger partial charge in [-0.2, -0.15) is 0 Å². The quantitative estimate of drug-likeness (QED) is 0.746. The summed E-state index contributed by atoms with van der Waals surface area (Å²) in [5, 5.41) is 19.2. The lowest BCUT2D eigenvalue weighted by atomic mass is 10.1. The molecule has 1 aromatic carbocycles. The van der Waals surface area contributed by atoms with Gasteiger partial charge in [0.2, 0.25) is 0 Å². The number of benzene rings is 1. The van der Waals surface area contributed by atoms with Crippen molar-refractivity contribution in [3.8, 4) is 0 Å². The Morgan fingerprint density at radius 3 is 2.14 bits per heavy atom. The molecule has 1 unspecified atom stereocenters. The summed E-state index contributed by atoms with van der Waals surface area (Å²) in [6.45, 7) is 6.02. The van der Waals surface area contributed by atoms with Crippen molar-refractivity contribution in [2.45, 2.75) is 17.4 Å². The van der Waals surface area contributed by atoms with Crippen molar-refractivity contribution >= 4 is 11.8 Å². The zero-order chi connectivity index (χ0) is 15.1. The Balaban J connectivity index is 1.72. The van der Waals surface area contributed by atoms with Crippen LogP contribution < -0.4 is 0 Å². The summed E-state index contributed by atoms with van der Waals surface area (Å²) < 4.78 is 0. The highest BCUT2D eigenvalue weighted by Crippen LogP contribution is 2.21. The Morgan fingerprint density at radius 2 is 1.62 bits per heavy atom. The molecule has 0 radical (unpaired) electrons. The van der Waals surface area contributed by atoms with E-state index < -0.39 is 0 Å². The second-order valence-corrected chi connectivity index (χ2v) is 6.36. The van der Waals surface area contributed by atoms with E-state index in [1.165, 1.54) is 4.90 Å². The summed E-state index contributed by atoms with van der Waals surface area (Å²) in [7, 11) is 0. The molecule has 0 amide bonds. The zero-order valence-electron chi connectivity index (χ0n) is 12.7. The second kappa shape index (κ2) is 8.76. The predicted octanol–water partition coefficient (Wildman–Crippen LogP) is 1.44. The molecule has 0 spiro atoms. The van der Waals surface area contributed by atoms with Gasteiger partial charge in [-0.15, -0.1) is 11.8 Å². The van der Waals surface area contributed by atoms with Crippen LogP contribution in [0.15, 0.2) is 29.2 Å². The number of aliphatic hydroxyl groups is 2. The maximum Gasteiger partial charge on any atom is 0.0802 e. The highest BCUT2D eigenvalue weighted by atomic mass is 32.2. The molecule has 1 aliphatic rings. The van der Waals surface area contributed by atoms with Crippen LogP contribution in [-0.2, 0) is 0 Å². The first-order valence-corrected chi connectivity index (χ1v) is 8.83. The van der Waals surface area contributed by atoms with E-state index in [1.807, 2.05) is 12.1 Å². The Hall–Kier alpha value is -0.590. The molecule has 1 atom stereocenters. The van der Waals surface area contributed by atoms with Crippen molar-refractivity contribution in [1.29, 1.82) is 0 Å². The Morgan fingerprint density at radius 1 is 1.05 bits per heavy atom. The summed E-state index contributed by atoms with van der Waals surface area (Å²) in [6, 6.07) is 8.18. The minimum atomic E-state index is -0.378. The molecular formula is C16H26N2O2S. The van der Waals surface area contributed by atoms with Gasteiger partial charge >= 0.3 is 0 Å². The van der Waals surface area contributed by atoms with Gasteiger partial charge in [0.1, 0.15) is 0 Å². The fourth-order valence-corrected chi connectivity index (χ4v) is 3.08. The summed E-state index contributed by atoms with van der Waals surface area (Å²) in [5.74, 6) is 0. The first kappa shape index (κ1) is 16.8. The highest BCUT2D eigenvalue weighted by molar-refractivity contribution is 7.98. The Bertz CT molecular complexity index is 405. The predicted molar refractivity (Wildman–Crippen MR) is 87.8 cm³/mol. The number of nitrogens with zero attached hydrogens (tertiary/aromatic N) is 2. The fourth-order valence-electron chi connectivity index (χ4n) is 2.68. The van der Waals surface area contributed by atoms with E-state index in [0.717, 1.165) is 51.3 Å². The zero-order valence-corrected chi connectivity index (χ0v) is 13.6. The number of hydrogen-bond donors (Lipinski definition) is 2. The third-order valence-electron chi connectivity index (χ3n) is 4.10. The molecule has 1 aromatic rings. The molecular weight excluding hydrogens is 284 g/mol. The monoisotopic (exact) mass is 310 g/mol. The molecule has 1 heterocycles. The van der Waals surface area contributed by atoms with Gasteiger partial charge in [-0.05, 0) is 30.4 Å². The Kier molecular flexibility index (Phi) is 6.99. The molecule has 1 fully saturated rings. The normalized spacial score (nSPS) is 18.8. The first-order valence-electron chi connectivity index (χ1n) is 7.60. The number of β-amino-alcohol motifs (C(OH)–C–C–N with tert-alkyl or cyclic N) is 1. The minimum Gasteiger partial charge on any atom is -0.395 e. The lowest BCUT2D eigenvalue weighted by molar-refractivity contribution is 0.0923. The molecule has 2 rings (SSSR count). The van der Waals surface area contributed by atoms with Crippen molar-refractivity contribution in [2.75, 3.05) is 52.1 Å². The van der Waals surface area contributed by atoms with Crippen molar-refractivity contribution in [3.63, 3.8) is 0 Å². The van der Waals surface area contributed by atoms with Gasteiger partial charge in [-0.25, -0.2) is 0 Å². The standard InChI is InChI=1S/C16H26N2O2S/c1-21-15-4-2-14(3-5-15)16(20)6-7-17-8-10-18(11-9-17)12-13-19/h2-5,16,19-20H,6-13H2,1H3. The molecule has 1 aliphatic heterocycles. The van der Waals surface area contributed by atoms with E-state index in [4.69, 9.17) is 5.11 Å². The van der Waals surface area contributed by atoms with Crippen molar-refractivity contribution in [2.24, 2.45) is 0 Å². The van der Waals surface area contributed by atoms with Crippen molar-refractivity contribution in [1.82, 2.24) is 9.80 Å². The number of piperazine rings is 1. The fraction of sp³-hybridized carbons (Fsp3) is 0.625. The molecule has 0 bridgehead atoms. The van der Waals surface area contributed by atoms with E-state index >= 15 is 0 Å². The largest absolute Gasteiger partial charge is 0.395 e. The third kappa shape index (κ3) is 5.27. The summed E-state index contributed by atoms with van der Waals surface area (Å²) in [5.41, 5.74) is 1.01. The van der Waals surface area contributed by atoms with Crippen molar-refractivity contribution in [3.05, 3.63) is 29.8 Å². The van der Waals surface area contributed by atoms with Crippen molar-refractivity contribution < 1.29 is 10.2 Å². The van der Waals surface area contributed by atoms with E-state index in [2.05, 4.69) is 28.2 Å². The van der Waals surface area contributed by atoms with Gasteiger partial charge in [0.25, 0.3) is 0 Å². The maximum absolute atomic E-state index is 10.3. The lowest BCUT2D eigenvalue weighted by Gasteiger charge is -2.34. The smallest absolute Gasteiger partial charge is 0.0802 e. The van der Waals surface area contributed by atoms with Crippen LogP contribution in [0.4, 0.5) is 0 Å². The van der Waals surface area contributed by atoms with E-state index in [-0.39, 0.29) is 12.7 Å². The molecule has 0 aromatic heterocycles. The number of aliphatic hydroxyl groups excluding tert-OH is 2. The van der Waals surface area contributed by atoms with E-state index in [9.17, 15) is 5.11 Å². The molecule has 5 heteroatoms. The minimum absolute atomic E-state index is 0.241. The summed E-state index contributed by atoms with van der Waals surface area (Å²) in [6.07, 6.45) is 2.46. The van der Waals surface area contributed by atoms with Gasteiger partial charge in [0, 0.05) is 44.2 Å². The van der Waals surface area contributed by atoms with Crippen LogP contribution in [0.5, 0.6) is 0 Å². The van der Waals surface area contributed by atoms with E-state index in [1.54, 1.807) is 11.8 Å². The molecule has 0 saturated carbocycles. The van der Waals surface area contributed by atoms with Gasteiger partial charge in [0.05, 0.1) is 12.7 Å².